The Morgan fingerprint density at radius 1 is 1.00 bits per heavy atom. The van der Waals surface area contributed by atoms with E-state index in [1.165, 1.54) is 0 Å². The lowest BCUT2D eigenvalue weighted by Gasteiger charge is -2.28. The zero-order valence-electron chi connectivity index (χ0n) is 16.0. The van der Waals surface area contributed by atoms with Gasteiger partial charge in [-0.15, -0.1) is 0 Å². The van der Waals surface area contributed by atoms with Gasteiger partial charge in [0.25, 0.3) is 0 Å². The number of nitrogens with one attached hydrogen (secondary N) is 2. The minimum Gasteiger partial charge on any atom is -0.488 e. The number of hydrogen-bond donors (Lipinski definition) is 3. The summed E-state index contributed by atoms with van der Waals surface area (Å²) in [5.41, 5.74) is 2.17. The number of hydrogen-bond acceptors (Lipinski definition) is 5. The molecule has 1 aliphatic heterocycles. The Kier molecular flexibility index (Phi) is 5.47. The number of carboxylic acid groups (broad SMARTS) is 1. The third-order valence-corrected chi connectivity index (χ3v) is 4.52. The topological polar surface area (TPSA) is 104 Å². The number of pyridine rings is 1. The van der Waals surface area contributed by atoms with E-state index in [9.17, 15) is 9.59 Å². The number of carbonyl (C=O) groups is 2. The van der Waals surface area contributed by atoms with Gasteiger partial charge in [-0.1, -0.05) is 30.3 Å². The van der Waals surface area contributed by atoms with Crippen molar-refractivity contribution in [3.63, 3.8) is 0 Å². The Morgan fingerprint density at radius 2 is 1.77 bits per heavy atom. The SMILES string of the molecule is O=C(O)Cc1ccc(Nc2ccc3c(n2)N(C(=O)Nc2ccccc2)CCO3)cc1. The van der Waals surface area contributed by atoms with Crippen molar-refractivity contribution in [1.29, 1.82) is 0 Å². The third kappa shape index (κ3) is 4.49. The molecular formula is C22H20N4O4. The lowest BCUT2D eigenvalue weighted by molar-refractivity contribution is -0.136. The van der Waals surface area contributed by atoms with Crippen molar-refractivity contribution in [3.05, 3.63) is 72.3 Å². The maximum Gasteiger partial charge on any atom is 0.327 e. The van der Waals surface area contributed by atoms with Gasteiger partial charge in [0.05, 0.1) is 13.0 Å². The summed E-state index contributed by atoms with van der Waals surface area (Å²) in [5.74, 6) is 0.637. The minimum absolute atomic E-state index is 0.0276. The predicted molar refractivity (Wildman–Crippen MR) is 114 cm³/mol. The first-order chi connectivity index (χ1) is 14.6. The van der Waals surface area contributed by atoms with E-state index in [1.807, 2.05) is 30.3 Å². The summed E-state index contributed by atoms with van der Waals surface area (Å²) in [6, 6.07) is 19.5. The molecule has 1 aromatic heterocycles. The van der Waals surface area contributed by atoms with Gasteiger partial charge in [0, 0.05) is 11.4 Å². The molecule has 30 heavy (non-hydrogen) atoms. The normalized spacial score (nSPS) is 12.5. The molecule has 0 radical (unpaired) electrons. The zero-order valence-corrected chi connectivity index (χ0v) is 16.0. The summed E-state index contributed by atoms with van der Waals surface area (Å²) >= 11 is 0. The second-order valence-electron chi connectivity index (χ2n) is 6.71. The number of para-hydroxylation sites is 1. The molecule has 0 atom stereocenters. The van der Waals surface area contributed by atoms with E-state index < -0.39 is 5.97 Å². The molecule has 0 bridgehead atoms. The van der Waals surface area contributed by atoms with Gasteiger partial charge in [-0.3, -0.25) is 9.69 Å². The molecule has 0 fully saturated rings. The van der Waals surface area contributed by atoms with E-state index in [1.54, 1.807) is 41.3 Å². The Morgan fingerprint density at radius 3 is 2.50 bits per heavy atom. The summed E-state index contributed by atoms with van der Waals surface area (Å²) in [5, 5.41) is 14.9. The second-order valence-corrected chi connectivity index (χ2v) is 6.71. The van der Waals surface area contributed by atoms with Crippen LogP contribution in [0.1, 0.15) is 5.56 Å². The largest absolute Gasteiger partial charge is 0.488 e. The van der Waals surface area contributed by atoms with Crippen molar-refractivity contribution in [2.45, 2.75) is 6.42 Å². The highest BCUT2D eigenvalue weighted by molar-refractivity contribution is 6.02. The maximum absolute atomic E-state index is 12.8. The predicted octanol–water partition coefficient (Wildman–Crippen LogP) is 3.88. The lowest BCUT2D eigenvalue weighted by atomic mass is 10.1. The summed E-state index contributed by atoms with van der Waals surface area (Å²) in [6.45, 7) is 0.765. The van der Waals surface area contributed by atoms with Crippen molar-refractivity contribution in [2.24, 2.45) is 0 Å². The molecule has 1 aliphatic rings. The highest BCUT2D eigenvalue weighted by Crippen LogP contribution is 2.32. The quantitative estimate of drug-likeness (QED) is 0.596. The van der Waals surface area contributed by atoms with Crippen LogP contribution >= 0.6 is 0 Å². The van der Waals surface area contributed by atoms with Crippen LogP contribution in [-0.2, 0) is 11.2 Å². The van der Waals surface area contributed by atoms with Crippen LogP contribution in [0.25, 0.3) is 0 Å². The van der Waals surface area contributed by atoms with Crippen LogP contribution in [0.2, 0.25) is 0 Å². The molecule has 3 N–H and O–H groups in total. The summed E-state index contributed by atoms with van der Waals surface area (Å²) < 4.78 is 5.64. The molecule has 8 heteroatoms. The van der Waals surface area contributed by atoms with Crippen LogP contribution in [0.4, 0.5) is 27.8 Å². The number of nitrogens with zero attached hydrogens (tertiary/aromatic N) is 2. The first-order valence-electron chi connectivity index (χ1n) is 9.44. The molecule has 0 aliphatic carbocycles. The number of anilines is 4. The number of benzene rings is 2. The molecule has 3 aromatic rings. The van der Waals surface area contributed by atoms with Gasteiger partial charge in [0.15, 0.2) is 11.6 Å². The van der Waals surface area contributed by atoms with E-state index in [2.05, 4.69) is 15.6 Å². The zero-order chi connectivity index (χ0) is 20.9. The number of carboxylic acids is 1. The average molecular weight is 404 g/mol. The van der Waals surface area contributed by atoms with Gasteiger partial charge < -0.3 is 20.5 Å². The molecule has 0 spiro atoms. The maximum atomic E-state index is 12.8. The van der Waals surface area contributed by atoms with Crippen LogP contribution in [0.5, 0.6) is 5.75 Å². The van der Waals surface area contributed by atoms with Gasteiger partial charge in [-0.05, 0) is 42.0 Å². The van der Waals surface area contributed by atoms with Crippen molar-refractivity contribution in [2.75, 3.05) is 28.7 Å². The monoisotopic (exact) mass is 404 g/mol. The summed E-state index contributed by atoms with van der Waals surface area (Å²) in [7, 11) is 0. The first-order valence-corrected chi connectivity index (χ1v) is 9.44. The van der Waals surface area contributed by atoms with Gasteiger partial charge in [-0.25, -0.2) is 9.78 Å². The second kappa shape index (κ2) is 8.52. The van der Waals surface area contributed by atoms with Crippen LogP contribution in [0.3, 0.4) is 0 Å². The van der Waals surface area contributed by atoms with E-state index in [4.69, 9.17) is 9.84 Å². The number of ether oxygens (including phenoxy) is 1. The molecule has 0 saturated heterocycles. The molecule has 2 amide bonds. The molecule has 8 nitrogen and oxygen atoms in total. The Hall–Kier alpha value is -4.07. The number of urea groups is 1. The minimum atomic E-state index is -0.874. The van der Waals surface area contributed by atoms with Crippen molar-refractivity contribution >= 4 is 35.0 Å². The molecule has 2 aromatic carbocycles. The molecular weight excluding hydrogens is 384 g/mol. The van der Waals surface area contributed by atoms with E-state index in [0.717, 1.165) is 5.69 Å². The van der Waals surface area contributed by atoms with Gasteiger partial charge >= 0.3 is 12.0 Å². The van der Waals surface area contributed by atoms with Crippen LogP contribution in [0, 0.1) is 0 Å². The number of amides is 2. The van der Waals surface area contributed by atoms with E-state index >= 15 is 0 Å². The lowest BCUT2D eigenvalue weighted by Crippen LogP contribution is -2.41. The van der Waals surface area contributed by atoms with Crippen molar-refractivity contribution < 1.29 is 19.4 Å². The molecule has 4 rings (SSSR count). The fourth-order valence-corrected chi connectivity index (χ4v) is 3.10. The first kappa shape index (κ1) is 19.3. The molecule has 0 saturated carbocycles. The van der Waals surface area contributed by atoms with Crippen LogP contribution < -0.4 is 20.3 Å². The van der Waals surface area contributed by atoms with Crippen LogP contribution in [0.15, 0.2) is 66.7 Å². The fourth-order valence-electron chi connectivity index (χ4n) is 3.10. The average Bonchev–Trinajstić information content (AvgIpc) is 2.75. The van der Waals surface area contributed by atoms with Gasteiger partial charge in [0.1, 0.15) is 12.4 Å². The van der Waals surface area contributed by atoms with E-state index in [-0.39, 0.29) is 12.5 Å². The Bertz CT molecular complexity index is 1050. The smallest absolute Gasteiger partial charge is 0.327 e. The van der Waals surface area contributed by atoms with Crippen molar-refractivity contribution in [3.8, 4) is 5.75 Å². The summed E-state index contributed by atoms with van der Waals surface area (Å²) in [6.07, 6.45) is -0.0276. The van der Waals surface area contributed by atoms with E-state index in [0.29, 0.717) is 41.8 Å². The molecule has 2 heterocycles. The van der Waals surface area contributed by atoms with Gasteiger partial charge in [0.2, 0.25) is 0 Å². The van der Waals surface area contributed by atoms with Crippen molar-refractivity contribution in [1.82, 2.24) is 4.98 Å². The number of aromatic nitrogens is 1. The number of aliphatic carboxylic acids is 1. The van der Waals surface area contributed by atoms with Gasteiger partial charge in [-0.2, -0.15) is 0 Å². The highest BCUT2D eigenvalue weighted by atomic mass is 16.5. The molecule has 0 unspecified atom stereocenters. The highest BCUT2D eigenvalue weighted by Gasteiger charge is 2.25. The molecule has 152 valence electrons. The Labute approximate surface area is 173 Å². The third-order valence-electron chi connectivity index (χ3n) is 4.52. The summed E-state index contributed by atoms with van der Waals surface area (Å²) in [4.78, 5) is 29.7. The number of carbonyl (C=O) groups excluding carboxylic acids is 1. The fraction of sp³-hybridized carbons (Fsp3) is 0.136. The number of rotatable bonds is 5. The standard InChI is InChI=1S/C22H20N4O4/c27-20(28)14-15-6-8-17(9-7-15)23-19-11-10-18-21(25-19)26(12-13-30-18)22(29)24-16-4-2-1-3-5-16/h1-11H,12-14H2,(H,23,25)(H,24,29)(H,27,28). The van der Waals surface area contributed by atoms with Crippen LogP contribution in [-0.4, -0.2) is 35.2 Å². The Balaban J connectivity index is 1.51. The number of fused-ring (bicyclic) bond motifs is 1.